The Labute approximate surface area is 136 Å². The monoisotopic (exact) mass is 316 g/mol. The van der Waals surface area contributed by atoms with Crippen molar-refractivity contribution in [2.45, 2.75) is 46.6 Å². The topological polar surface area (TPSA) is 60.2 Å². The average Bonchev–Trinajstić information content (AvgIpc) is 2.92. The third-order valence-corrected chi connectivity index (χ3v) is 4.35. The normalized spacial score (nSPS) is 15.2. The molecule has 1 amide bonds. The Hall–Kier alpha value is -2.11. The van der Waals surface area contributed by atoms with E-state index < -0.39 is 0 Å². The van der Waals surface area contributed by atoms with E-state index in [2.05, 4.69) is 10.1 Å². The summed E-state index contributed by atoms with van der Waals surface area (Å²) >= 11 is 0. The lowest BCUT2D eigenvalue weighted by Crippen LogP contribution is -2.35. The van der Waals surface area contributed by atoms with Crippen molar-refractivity contribution in [1.82, 2.24) is 19.7 Å². The molecule has 0 N–H and O–H groups in total. The predicted molar refractivity (Wildman–Crippen MR) is 88.9 cm³/mol. The molecule has 0 atom stereocenters. The minimum atomic E-state index is 0.0196. The number of aryl methyl sites for hydroxylation is 2. The fraction of sp³-hybridized carbons (Fsp3) is 0.588. The summed E-state index contributed by atoms with van der Waals surface area (Å²) in [7, 11) is 0. The van der Waals surface area contributed by atoms with Gasteiger partial charge in [0.25, 0.3) is 5.91 Å². The molecule has 3 rings (SSSR count). The number of pyridine rings is 1. The molecule has 0 aliphatic carbocycles. The lowest BCUT2D eigenvalue weighted by molar-refractivity contribution is 0.0720. The zero-order valence-electron chi connectivity index (χ0n) is 14.1. The highest BCUT2D eigenvalue weighted by atomic mass is 16.5. The first kappa shape index (κ1) is 15.8. The van der Waals surface area contributed by atoms with Crippen LogP contribution in [0.5, 0.6) is 5.75 Å². The molecular formula is C17H24N4O2. The van der Waals surface area contributed by atoms with Crippen molar-refractivity contribution < 1.29 is 9.53 Å². The Morgan fingerprint density at radius 2 is 2.00 bits per heavy atom. The second-order valence-electron chi connectivity index (χ2n) is 5.89. The van der Waals surface area contributed by atoms with E-state index in [1.807, 2.05) is 30.4 Å². The molecule has 6 heteroatoms. The number of carbonyl (C=O) groups excluding carboxylic acids is 1. The van der Waals surface area contributed by atoms with Gasteiger partial charge in [-0.1, -0.05) is 0 Å². The highest BCUT2D eigenvalue weighted by Gasteiger charge is 2.25. The van der Waals surface area contributed by atoms with E-state index in [1.165, 1.54) is 6.42 Å². The van der Waals surface area contributed by atoms with Crippen molar-refractivity contribution in [1.29, 1.82) is 0 Å². The number of hydrogen-bond acceptors (Lipinski definition) is 4. The van der Waals surface area contributed by atoms with Gasteiger partial charge in [-0.25, -0.2) is 9.67 Å². The molecule has 0 spiro atoms. The van der Waals surface area contributed by atoms with Crippen LogP contribution < -0.4 is 4.74 Å². The van der Waals surface area contributed by atoms with Crippen molar-refractivity contribution >= 4 is 16.9 Å². The molecular weight excluding hydrogens is 292 g/mol. The maximum absolute atomic E-state index is 12.9. The number of rotatable bonds is 4. The molecule has 0 unspecified atom stereocenters. The van der Waals surface area contributed by atoms with E-state index in [1.54, 1.807) is 6.20 Å². The Morgan fingerprint density at radius 3 is 2.65 bits per heavy atom. The number of piperidine rings is 1. The molecule has 2 aromatic heterocycles. The van der Waals surface area contributed by atoms with Gasteiger partial charge < -0.3 is 9.64 Å². The first-order valence-corrected chi connectivity index (χ1v) is 8.45. The molecule has 1 fully saturated rings. The highest BCUT2D eigenvalue weighted by Crippen LogP contribution is 2.32. The zero-order chi connectivity index (χ0) is 16.4. The van der Waals surface area contributed by atoms with Crippen molar-refractivity contribution in [2.75, 3.05) is 19.7 Å². The van der Waals surface area contributed by atoms with Gasteiger partial charge in [0.1, 0.15) is 11.3 Å². The molecule has 0 radical (unpaired) electrons. The van der Waals surface area contributed by atoms with Crippen LogP contribution >= 0.6 is 0 Å². The van der Waals surface area contributed by atoms with Gasteiger partial charge in [0, 0.05) is 25.8 Å². The lowest BCUT2D eigenvalue weighted by Gasteiger charge is -2.27. The summed E-state index contributed by atoms with van der Waals surface area (Å²) < 4.78 is 7.71. The van der Waals surface area contributed by atoms with Crippen LogP contribution in [0.1, 0.15) is 49.2 Å². The lowest BCUT2D eigenvalue weighted by atomic mass is 10.1. The highest BCUT2D eigenvalue weighted by molar-refractivity contribution is 6.02. The number of fused-ring (bicyclic) bond motifs is 1. The van der Waals surface area contributed by atoms with Gasteiger partial charge in [-0.2, -0.15) is 5.10 Å². The second-order valence-corrected chi connectivity index (χ2v) is 5.89. The van der Waals surface area contributed by atoms with Crippen LogP contribution in [0.25, 0.3) is 11.0 Å². The maximum Gasteiger partial charge on any atom is 0.259 e. The van der Waals surface area contributed by atoms with Crippen molar-refractivity contribution in [3.63, 3.8) is 0 Å². The largest absolute Gasteiger partial charge is 0.492 e. The standard InChI is InChI=1S/C17H24N4O2/c1-4-21-16-14(12(3)19-21)15(23-5-2)13(11-18-16)17(22)20-9-7-6-8-10-20/h11H,4-10H2,1-3H3. The number of hydrogen-bond donors (Lipinski definition) is 0. The van der Waals surface area contributed by atoms with E-state index in [4.69, 9.17) is 4.74 Å². The maximum atomic E-state index is 12.9. The third kappa shape index (κ3) is 2.78. The summed E-state index contributed by atoms with van der Waals surface area (Å²) in [5, 5.41) is 5.37. The summed E-state index contributed by atoms with van der Waals surface area (Å²) in [6, 6.07) is 0. The molecule has 0 bridgehead atoms. The first-order chi connectivity index (χ1) is 11.2. The number of aromatic nitrogens is 3. The van der Waals surface area contributed by atoms with Crippen molar-refractivity contribution in [3.05, 3.63) is 17.5 Å². The fourth-order valence-corrected chi connectivity index (χ4v) is 3.22. The number of likely N-dealkylation sites (tertiary alicyclic amines) is 1. The van der Waals surface area contributed by atoms with E-state index in [-0.39, 0.29) is 5.91 Å². The molecule has 23 heavy (non-hydrogen) atoms. The number of amides is 1. The summed E-state index contributed by atoms with van der Waals surface area (Å²) in [4.78, 5) is 19.3. The Morgan fingerprint density at radius 1 is 1.26 bits per heavy atom. The number of nitrogens with zero attached hydrogens (tertiary/aromatic N) is 4. The molecule has 0 saturated carbocycles. The van der Waals surface area contributed by atoms with Gasteiger partial charge in [-0.3, -0.25) is 4.79 Å². The van der Waals surface area contributed by atoms with Gasteiger partial charge >= 0.3 is 0 Å². The first-order valence-electron chi connectivity index (χ1n) is 8.45. The molecule has 6 nitrogen and oxygen atoms in total. The van der Waals surface area contributed by atoms with Gasteiger partial charge in [0.15, 0.2) is 5.65 Å². The SMILES string of the molecule is CCOc1c(C(=O)N2CCCCC2)cnc2c1c(C)nn2CC. The van der Waals surface area contributed by atoms with Gasteiger partial charge in [0.05, 0.1) is 17.7 Å². The minimum absolute atomic E-state index is 0.0196. The Bertz CT molecular complexity index is 717. The molecule has 124 valence electrons. The van der Waals surface area contributed by atoms with Gasteiger partial charge in [-0.15, -0.1) is 0 Å². The van der Waals surface area contributed by atoms with Crippen LogP contribution in [-0.2, 0) is 6.54 Å². The second kappa shape index (κ2) is 6.56. The predicted octanol–water partition coefficient (Wildman–Crippen LogP) is 2.78. The number of ether oxygens (including phenoxy) is 1. The Kier molecular flexibility index (Phi) is 4.50. The molecule has 2 aromatic rings. The Balaban J connectivity index is 2.10. The van der Waals surface area contributed by atoms with Gasteiger partial charge in [-0.05, 0) is 40.0 Å². The minimum Gasteiger partial charge on any atom is -0.492 e. The van der Waals surface area contributed by atoms with Crippen molar-refractivity contribution in [3.8, 4) is 5.75 Å². The molecule has 3 heterocycles. The van der Waals surface area contributed by atoms with E-state index >= 15 is 0 Å². The van der Waals surface area contributed by atoms with E-state index in [0.29, 0.717) is 17.9 Å². The quantitative estimate of drug-likeness (QED) is 0.870. The van der Waals surface area contributed by atoms with Crippen LogP contribution in [0.4, 0.5) is 0 Å². The summed E-state index contributed by atoms with van der Waals surface area (Å²) in [6.45, 7) is 8.78. The van der Waals surface area contributed by atoms with E-state index in [9.17, 15) is 4.79 Å². The summed E-state index contributed by atoms with van der Waals surface area (Å²) in [6.07, 6.45) is 4.98. The van der Waals surface area contributed by atoms with E-state index in [0.717, 1.165) is 49.2 Å². The van der Waals surface area contributed by atoms with Crippen LogP contribution in [0, 0.1) is 6.92 Å². The average molecular weight is 316 g/mol. The molecule has 1 saturated heterocycles. The smallest absolute Gasteiger partial charge is 0.259 e. The van der Waals surface area contributed by atoms with Gasteiger partial charge in [0.2, 0.25) is 0 Å². The van der Waals surface area contributed by atoms with Crippen LogP contribution in [0.15, 0.2) is 6.20 Å². The molecule has 0 aromatic carbocycles. The summed E-state index contributed by atoms with van der Waals surface area (Å²) in [5.41, 5.74) is 2.19. The number of carbonyl (C=O) groups is 1. The fourth-order valence-electron chi connectivity index (χ4n) is 3.22. The molecule has 1 aliphatic heterocycles. The molecule has 1 aliphatic rings. The zero-order valence-corrected chi connectivity index (χ0v) is 14.1. The van der Waals surface area contributed by atoms with Crippen molar-refractivity contribution in [2.24, 2.45) is 0 Å². The summed E-state index contributed by atoms with van der Waals surface area (Å²) in [5.74, 6) is 0.650. The third-order valence-electron chi connectivity index (χ3n) is 4.35. The van der Waals surface area contributed by atoms with Crippen LogP contribution in [-0.4, -0.2) is 45.3 Å². The van der Waals surface area contributed by atoms with Crippen LogP contribution in [0.2, 0.25) is 0 Å². The van der Waals surface area contributed by atoms with Crippen LogP contribution in [0.3, 0.4) is 0 Å².